The molecule has 0 saturated heterocycles. The third kappa shape index (κ3) is 4.75. The molecule has 0 unspecified atom stereocenters. The molecule has 1 aliphatic rings. The number of carbonyl (C=O) groups excluding carboxylic acids is 1. The van der Waals surface area contributed by atoms with Crippen molar-refractivity contribution in [2.24, 2.45) is 11.8 Å². The molecule has 7 nitrogen and oxygen atoms in total. The van der Waals surface area contributed by atoms with Gasteiger partial charge in [0.25, 0.3) is 0 Å². The van der Waals surface area contributed by atoms with Crippen molar-refractivity contribution < 1.29 is 9.53 Å². The molecule has 1 fully saturated rings. The van der Waals surface area contributed by atoms with Crippen molar-refractivity contribution in [2.45, 2.75) is 59.4 Å². The lowest BCUT2D eigenvalue weighted by atomic mass is 10.1. The van der Waals surface area contributed by atoms with Gasteiger partial charge in [-0.25, -0.2) is 9.97 Å². The number of anilines is 1. The van der Waals surface area contributed by atoms with Gasteiger partial charge in [0.05, 0.1) is 17.6 Å². The molecule has 1 aromatic carbocycles. The van der Waals surface area contributed by atoms with Crippen LogP contribution < -0.4 is 15.8 Å². The van der Waals surface area contributed by atoms with Crippen molar-refractivity contribution in [2.75, 3.05) is 18.9 Å². The second-order valence-corrected chi connectivity index (χ2v) is 8.92. The first-order valence-electron chi connectivity index (χ1n) is 11.5. The zero-order valence-electron chi connectivity index (χ0n) is 18.8. The molecule has 0 spiro atoms. The van der Waals surface area contributed by atoms with Gasteiger partial charge >= 0.3 is 0 Å². The molecule has 2 heterocycles. The number of ether oxygens (including phenoxy) is 1. The molecule has 31 heavy (non-hydrogen) atoms. The van der Waals surface area contributed by atoms with Crippen molar-refractivity contribution in [3.05, 3.63) is 24.0 Å². The van der Waals surface area contributed by atoms with Crippen molar-refractivity contribution in [3.63, 3.8) is 0 Å². The SMILES string of the molecule is CCCc1nc2c(N)nc3cc(OCCCNC(=O)C4CC4)ccc3c2n1CC(C)C. The van der Waals surface area contributed by atoms with Crippen molar-refractivity contribution >= 4 is 33.7 Å². The van der Waals surface area contributed by atoms with E-state index in [-0.39, 0.29) is 11.8 Å². The van der Waals surface area contributed by atoms with E-state index < -0.39 is 0 Å². The van der Waals surface area contributed by atoms with Gasteiger partial charge in [0.2, 0.25) is 5.91 Å². The highest BCUT2D eigenvalue weighted by Gasteiger charge is 2.29. The maximum atomic E-state index is 11.7. The van der Waals surface area contributed by atoms with Gasteiger partial charge in [-0.15, -0.1) is 0 Å². The zero-order valence-corrected chi connectivity index (χ0v) is 18.8. The summed E-state index contributed by atoms with van der Waals surface area (Å²) in [4.78, 5) is 21.1. The fourth-order valence-corrected chi connectivity index (χ4v) is 3.97. The number of amides is 1. The van der Waals surface area contributed by atoms with Gasteiger partial charge < -0.3 is 20.4 Å². The molecule has 2 aromatic heterocycles. The molecule has 166 valence electrons. The van der Waals surface area contributed by atoms with E-state index in [4.69, 9.17) is 15.5 Å². The first kappa shape index (κ1) is 21.4. The number of nitrogens with zero attached hydrogens (tertiary/aromatic N) is 3. The number of imidazole rings is 1. The number of benzene rings is 1. The van der Waals surface area contributed by atoms with Gasteiger partial charge in [0, 0.05) is 36.9 Å². The Labute approximate surface area is 183 Å². The molecule has 1 saturated carbocycles. The predicted molar refractivity (Wildman–Crippen MR) is 124 cm³/mol. The van der Waals surface area contributed by atoms with Crippen LogP contribution in [0.5, 0.6) is 5.75 Å². The van der Waals surface area contributed by atoms with Crippen molar-refractivity contribution in [1.29, 1.82) is 0 Å². The van der Waals surface area contributed by atoms with Crippen LogP contribution in [-0.2, 0) is 17.8 Å². The summed E-state index contributed by atoms with van der Waals surface area (Å²) in [6, 6.07) is 5.98. The van der Waals surface area contributed by atoms with E-state index in [2.05, 4.69) is 41.7 Å². The van der Waals surface area contributed by atoms with Gasteiger partial charge in [-0.1, -0.05) is 20.8 Å². The predicted octanol–water partition coefficient (Wildman–Crippen LogP) is 4.07. The number of fused-ring (bicyclic) bond motifs is 3. The fourth-order valence-electron chi connectivity index (χ4n) is 3.97. The molecule has 1 aliphatic carbocycles. The summed E-state index contributed by atoms with van der Waals surface area (Å²) in [7, 11) is 0. The van der Waals surface area contributed by atoms with Crippen LogP contribution >= 0.6 is 0 Å². The smallest absolute Gasteiger partial charge is 0.223 e. The number of aromatic nitrogens is 3. The number of pyridine rings is 1. The molecule has 0 aliphatic heterocycles. The van der Waals surface area contributed by atoms with E-state index in [0.717, 1.165) is 72.2 Å². The number of aryl methyl sites for hydroxylation is 1. The van der Waals surface area contributed by atoms with Crippen LogP contribution in [0.3, 0.4) is 0 Å². The molecule has 3 N–H and O–H groups in total. The van der Waals surface area contributed by atoms with Gasteiger partial charge in [-0.2, -0.15) is 0 Å². The molecular weight excluding hydrogens is 390 g/mol. The van der Waals surface area contributed by atoms with E-state index in [1.807, 2.05) is 12.1 Å². The molecular formula is C24H33N5O2. The number of nitrogen functional groups attached to an aromatic ring is 1. The maximum absolute atomic E-state index is 11.7. The minimum atomic E-state index is 0.176. The quantitative estimate of drug-likeness (QED) is 0.479. The van der Waals surface area contributed by atoms with Crippen LogP contribution in [0, 0.1) is 11.8 Å². The third-order valence-electron chi connectivity index (χ3n) is 5.61. The Kier molecular flexibility index (Phi) is 6.30. The standard InChI is InChI=1S/C24H33N5O2/c1-4-6-20-28-21-22(29(20)14-15(2)3)18-10-9-17(13-19(18)27-23(21)25)31-12-5-11-26-24(30)16-7-8-16/h9-10,13,15-16H,4-8,11-12,14H2,1-3H3,(H2,25,27)(H,26,30). The van der Waals surface area contributed by atoms with Crippen molar-refractivity contribution in [3.8, 4) is 5.75 Å². The number of hydrogen-bond acceptors (Lipinski definition) is 5. The van der Waals surface area contributed by atoms with Gasteiger partial charge in [-0.05, 0) is 43.7 Å². The minimum absolute atomic E-state index is 0.176. The van der Waals surface area contributed by atoms with Crippen LogP contribution in [0.15, 0.2) is 18.2 Å². The van der Waals surface area contributed by atoms with Crippen LogP contribution in [-0.4, -0.2) is 33.6 Å². The summed E-state index contributed by atoms with van der Waals surface area (Å²) >= 11 is 0. The van der Waals surface area contributed by atoms with Crippen molar-refractivity contribution in [1.82, 2.24) is 19.9 Å². The number of hydrogen-bond donors (Lipinski definition) is 2. The van der Waals surface area contributed by atoms with E-state index in [1.54, 1.807) is 0 Å². The highest BCUT2D eigenvalue weighted by Crippen LogP contribution is 2.32. The van der Waals surface area contributed by atoms with E-state index >= 15 is 0 Å². The fraction of sp³-hybridized carbons (Fsp3) is 0.542. The van der Waals surface area contributed by atoms with Gasteiger partial charge in [0.1, 0.15) is 17.1 Å². The molecule has 0 radical (unpaired) electrons. The van der Waals surface area contributed by atoms with E-state index in [0.29, 0.717) is 24.9 Å². The summed E-state index contributed by atoms with van der Waals surface area (Å²) in [5, 5.41) is 4.01. The molecule has 0 atom stereocenters. The highest BCUT2D eigenvalue weighted by molar-refractivity contribution is 6.06. The first-order chi connectivity index (χ1) is 15.0. The zero-order chi connectivity index (χ0) is 22.0. The Morgan fingerprint density at radius 1 is 1.32 bits per heavy atom. The Bertz CT molecular complexity index is 1080. The normalized spacial score (nSPS) is 13.9. The van der Waals surface area contributed by atoms with Crippen LogP contribution in [0.1, 0.15) is 52.3 Å². The Morgan fingerprint density at radius 2 is 2.13 bits per heavy atom. The number of nitrogens with two attached hydrogens (primary N) is 1. The lowest BCUT2D eigenvalue weighted by Gasteiger charge is -2.13. The molecule has 0 bridgehead atoms. The topological polar surface area (TPSA) is 95.1 Å². The minimum Gasteiger partial charge on any atom is -0.493 e. The largest absolute Gasteiger partial charge is 0.493 e. The maximum Gasteiger partial charge on any atom is 0.223 e. The van der Waals surface area contributed by atoms with E-state index in [9.17, 15) is 4.79 Å². The Balaban J connectivity index is 1.54. The number of carbonyl (C=O) groups is 1. The summed E-state index contributed by atoms with van der Waals surface area (Å²) in [6.07, 6.45) is 4.77. The molecule has 7 heteroatoms. The highest BCUT2D eigenvalue weighted by atomic mass is 16.5. The number of rotatable bonds is 10. The lowest BCUT2D eigenvalue weighted by molar-refractivity contribution is -0.122. The second-order valence-electron chi connectivity index (χ2n) is 8.92. The monoisotopic (exact) mass is 423 g/mol. The molecule has 3 aromatic rings. The first-order valence-corrected chi connectivity index (χ1v) is 11.5. The summed E-state index contributed by atoms with van der Waals surface area (Å²) in [5.41, 5.74) is 8.98. The summed E-state index contributed by atoms with van der Waals surface area (Å²) in [5.74, 6) is 3.21. The second kappa shape index (κ2) is 9.12. The third-order valence-corrected chi connectivity index (χ3v) is 5.61. The Hall–Kier alpha value is -2.83. The average molecular weight is 424 g/mol. The van der Waals surface area contributed by atoms with Gasteiger partial charge in [-0.3, -0.25) is 4.79 Å². The summed E-state index contributed by atoms with van der Waals surface area (Å²) < 4.78 is 8.22. The lowest BCUT2D eigenvalue weighted by Crippen LogP contribution is -2.26. The van der Waals surface area contributed by atoms with Gasteiger partial charge in [0.15, 0.2) is 5.82 Å². The van der Waals surface area contributed by atoms with Crippen LogP contribution in [0.2, 0.25) is 0 Å². The Morgan fingerprint density at radius 3 is 2.84 bits per heavy atom. The van der Waals surface area contributed by atoms with Crippen LogP contribution in [0.25, 0.3) is 21.9 Å². The van der Waals surface area contributed by atoms with Crippen LogP contribution in [0.4, 0.5) is 5.82 Å². The van der Waals surface area contributed by atoms with E-state index in [1.165, 1.54) is 0 Å². The average Bonchev–Trinajstić information content (AvgIpc) is 3.52. The molecule has 4 rings (SSSR count). The number of nitrogens with one attached hydrogen (secondary N) is 1. The summed E-state index contributed by atoms with van der Waals surface area (Å²) in [6.45, 7) is 8.68. The molecule has 1 amide bonds.